The van der Waals surface area contributed by atoms with E-state index >= 15 is 0 Å². The maximum absolute atomic E-state index is 13.4. The van der Waals surface area contributed by atoms with E-state index in [2.05, 4.69) is 25.3 Å². The van der Waals surface area contributed by atoms with Gasteiger partial charge in [0.25, 0.3) is 5.71 Å². The Kier molecular flexibility index (Phi) is 6.07. The molecule has 1 saturated heterocycles. The third-order valence-electron chi connectivity index (χ3n) is 5.89. The highest BCUT2D eigenvalue weighted by Gasteiger charge is 2.29. The lowest BCUT2D eigenvalue weighted by Crippen LogP contribution is -2.41. The Bertz CT molecular complexity index is 1290. The number of piperidine rings is 1. The number of amides is 1. The van der Waals surface area contributed by atoms with Crippen molar-refractivity contribution in [3.63, 3.8) is 0 Å². The van der Waals surface area contributed by atoms with Gasteiger partial charge >= 0.3 is 0 Å². The second-order valence-electron chi connectivity index (χ2n) is 8.15. The molecule has 5 rings (SSSR count). The molecule has 9 heteroatoms. The number of nitrogens with zero attached hydrogens (tertiary/aromatic N) is 4. The molecule has 2 aromatic carbocycles. The number of anilines is 2. The van der Waals surface area contributed by atoms with Crippen molar-refractivity contribution in [1.82, 2.24) is 15.1 Å². The van der Waals surface area contributed by atoms with Gasteiger partial charge in [0.05, 0.1) is 12.5 Å². The molecule has 1 N–H and O–H groups in total. The number of rotatable bonds is 6. The van der Waals surface area contributed by atoms with Gasteiger partial charge in [-0.25, -0.2) is 9.37 Å². The van der Waals surface area contributed by atoms with Crippen LogP contribution in [0.1, 0.15) is 19.8 Å². The highest BCUT2D eigenvalue weighted by molar-refractivity contribution is 5.98. The van der Waals surface area contributed by atoms with Crippen molar-refractivity contribution >= 4 is 28.5 Å². The van der Waals surface area contributed by atoms with Crippen molar-refractivity contribution in [1.29, 1.82) is 0 Å². The van der Waals surface area contributed by atoms with Crippen molar-refractivity contribution < 1.29 is 18.4 Å². The lowest BCUT2D eigenvalue weighted by atomic mass is 9.96. The molecular weight excluding hydrogens is 437 g/mol. The molecule has 1 fully saturated rings. The van der Waals surface area contributed by atoms with E-state index in [-0.39, 0.29) is 17.6 Å². The van der Waals surface area contributed by atoms with E-state index < -0.39 is 0 Å². The maximum Gasteiger partial charge on any atom is 0.263 e. The Balaban J connectivity index is 1.37. The molecule has 0 aliphatic carbocycles. The molecule has 1 amide bonds. The molecule has 4 aromatic rings. The first-order valence-electron chi connectivity index (χ1n) is 11.3. The summed E-state index contributed by atoms with van der Waals surface area (Å²) >= 11 is 0. The topological polar surface area (TPSA) is 93.4 Å². The van der Waals surface area contributed by atoms with Crippen LogP contribution >= 0.6 is 0 Å². The van der Waals surface area contributed by atoms with Crippen molar-refractivity contribution in [2.75, 3.05) is 29.9 Å². The third kappa shape index (κ3) is 4.41. The SMILES string of the molecule is CCOc1ccc(NC(=O)[C@H]2CCCN(c3ncnc4onc(-c5ccc(F)cc5)c34)C2)cc1. The summed E-state index contributed by atoms with van der Waals surface area (Å²) in [6, 6.07) is 13.4. The van der Waals surface area contributed by atoms with E-state index in [0.29, 0.717) is 41.3 Å². The Morgan fingerprint density at radius 2 is 1.97 bits per heavy atom. The Morgan fingerprint density at radius 3 is 2.74 bits per heavy atom. The average molecular weight is 461 g/mol. The van der Waals surface area contributed by atoms with E-state index in [0.717, 1.165) is 30.8 Å². The van der Waals surface area contributed by atoms with E-state index in [4.69, 9.17) is 9.26 Å². The Morgan fingerprint density at radius 1 is 1.18 bits per heavy atom. The summed E-state index contributed by atoms with van der Waals surface area (Å²) in [4.78, 5) is 23.8. The number of benzene rings is 2. The fourth-order valence-corrected chi connectivity index (χ4v) is 4.25. The fourth-order valence-electron chi connectivity index (χ4n) is 4.25. The standard InChI is InChI=1S/C25H24FN5O3/c1-2-33-20-11-9-19(10-12-20)29-24(32)17-4-3-13-31(14-17)23-21-22(16-5-7-18(26)8-6-16)30-34-25(21)28-15-27-23/h5-12,15,17H,2-4,13-14H2,1H3,(H,29,32)/t17-/m0/s1. The van der Waals surface area contributed by atoms with Crippen molar-refractivity contribution in [3.8, 4) is 17.0 Å². The van der Waals surface area contributed by atoms with Crippen molar-refractivity contribution in [3.05, 3.63) is 60.7 Å². The monoisotopic (exact) mass is 461 g/mol. The zero-order valence-electron chi connectivity index (χ0n) is 18.7. The molecule has 174 valence electrons. The molecular formula is C25H24FN5O3. The summed E-state index contributed by atoms with van der Waals surface area (Å²) in [6.45, 7) is 3.77. The number of halogens is 1. The second kappa shape index (κ2) is 9.46. The minimum absolute atomic E-state index is 0.0387. The molecule has 3 heterocycles. The van der Waals surface area contributed by atoms with Crippen LogP contribution in [-0.4, -0.2) is 40.7 Å². The summed E-state index contributed by atoms with van der Waals surface area (Å²) in [5.74, 6) is 0.847. The fraction of sp³-hybridized carbons (Fsp3) is 0.280. The number of ether oxygens (including phenoxy) is 1. The maximum atomic E-state index is 13.4. The van der Waals surface area contributed by atoms with Crippen LogP contribution in [0.5, 0.6) is 5.75 Å². The average Bonchev–Trinajstić information content (AvgIpc) is 3.30. The van der Waals surface area contributed by atoms with Gasteiger partial charge < -0.3 is 19.5 Å². The Hall–Kier alpha value is -4.01. The number of nitrogens with one attached hydrogen (secondary N) is 1. The molecule has 34 heavy (non-hydrogen) atoms. The van der Waals surface area contributed by atoms with Gasteiger partial charge in [-0.1, -0.05) is 5.16 Å². The summed E-state index contributed by atoms with van der Waals surface area (Å²) in [7, 11) is 0. The number of fused-ring (bicyclic) bond motifs is 1. The van der Waals surface area contributed by atoms with Crippen LogP contribution in [0.4, 0.5) is 15.9 Å². The summed E-state index contributed by atoms with van der Waals surface area (Å²) < 4.78 is 24.3. The van der Waals surface area contributed by atoms with Crippen LogP contribution in [0.15, 0.2) is 59.4 Å². The molecule has 8 nitrogen and oxygen atoms in total. The minimum Gasteiger partial charge on any atom is -0.494 e. The van der Waals surface area contributed by atoms with Gasteiger partial charge in [-0.2, -0.15) is 4.98 Å². The summed E-state index contributed by atoms with van der Waals surface area (Å²) in [5, 5.41) is 7.83. The lowest BCUT2D eigenvalue weighted by molar-refractivity contribution is -0.120. The van der Waals surface area contributed by atoms with Gasteiger partial charge in [0.1, 0.15) is 34.8 Å². The molecule has 0 radical (unpaired) electrons. The van der Waals surface area contributed by atoms with Crippen LogP contribution < -0.4 is 15.0 Å². The lowest BCUT2D eigenvalue weighted by Gasteiger charge is -2.33. The van der Waals surface area contributed by atoms with E-state index in [9.17, 15) is 9.18 Å². The van der Waals surface area contributed by atoms with Gasteiger partial charge in [0.15, 0.2) is 0 Å². The molecule has 2 aromatic heterocycles. The normalized spacial score (nSPS) is 15.9. The first-order chi connectivity index (χ1) is 16.6. The number of carbonyl (C=O) groups is 1. The minimum atomic E-state index is -0.328. The van der Waals surface area contributed by atoms with Crippen LogP contribution in [0.3, 0.4) is 0 Å². The van der Waals surface area contributed by atoms with Gasteiger partial charge in [-0.3, -0.25) is 4.79 Å². The van der Waals surface area contributed by atoms with Crippen LogP contribution in [0.25, 0.3) is 22.4 Å². The summed E-state index contributed by atoms with van der Waals surface area (Å²) in [6.07, 6.45) is 3.05. The number of hydrogen-bond donors (Lipinski definition) is 1. The number of hydrogen-bond acceptors (Lipinski definition) is 7. The van der Waals surface area contributed by atoms with Crippen LogP contribution in [0.2, 0.25) is 0 Å². The van der Waals surface area contributed by atoms with Gasteiger partial charge in [0, 0.05) is 24.3 Å². The Labute approximate surface area is 195 Å². The van der Waals surface area contributed by atoms with E-state index in [1.165, 1.54) is 18.5 Å². The van der Waals surface area contributed by atoms with E-state index in [1.54, 1.807) is 12.1 Å². The van der Waals surface area contributed by atoms with Gasteiger partial charge in [0.2, 0.25) is 5.91 Å². The molecule has 1 aliphatic rings. The van der Waals surface area contributed by atoms with Gasteiger partial charge in [-0.05, 0) is 68.3 Å². The van der Waals surface area contributed by atoms with E-state index in [1.807, 2.05) is 31.2 Å². The first-order valence-corrected chi connectivity index (χ1v) is 11.3. The predicted octanol–water partition coefficient (Wildman–Crippen LogP) is 4.68. The quantitative estimate of drug-likeness (QED) is 0.446. The second-order valence-corrected chi connectivity index (χ2v) is 8.15. The highest BCUT2D eigenvalue weighted by atomic mass is 19.1. The third-order valence-corrected chi connectivity index (χ3v) is 5.89. The summed E-state index contributed by atoms with van der Waals surface area (Å²) in [5.41, 5.74) is 2.34. The number of aromatic nitrogens is 3. The predicted molar refractivity (Wildman–Crippen MR) is 126 cm³/mol. The zero-order valence-corrected chi connectivity index (χ0v) is 18.7. The van der Waals surface area contributed by atoms with Gasteiger partial charge in [-0.15, -0.1) is 0 Å². The largest absolute Gasteiger partial charge is 0.494 e. The molecule has 0 saturated carbocycles. The molecule has 0 unspecified atom stereocenters. The molecule has 0 bridgehead atoms. The van der Waals surface area contributed by atoms with Crippen molar-refractivity contribution in [2.45, 2.75) is 19.8 Å². The van der Waals surface area contributed by atoms with Crippen LogP contribution in [0, 0.1) is 11.7 Å². The molecule has 1 aliphatic heterocycles. The smallest absolute Gasteiger partial charge is 0.263 e. The highest BCUT2D eigenvalue weighted by Crippen LogP contribution is 2.35. The molecule has 0 spiro atoms. The molecule has 1 atom stereocenters. The first kappa shape index (κ1) is 21.8. The number of carbonyl (C=O) groups excluding carboxylic acids is 1. The zero-order chi connectivity index (χ0) is 23.5. The van der Waals surface area contributed by atoms with Crippen LogP contribution in [-0.2, 0) is 4.79 Å². The van der Waals surface area contributed by atoms with Crippen molar-refractivity contribution in [2.24, 2.45) is 5.92 Å².